The van der Waals surface area contributed by atoms with Crippen LogP contribution in [0.1, 0.15) is 19.4 Å². The van der Waals surface area contributed by atoms with E-state index in [9.17, 15) is 9.90 Å². The maximum absolute atomic E-state index is 10.8. The zero-order chi connectivity index (χ0) is 20.4. The summed E-state index contributed by atoms with van der Waals surface area (Å²) < 4.78 is 5.70. The van der Waals surface area contributed by atoms with E-state index in [0.717, 1.165) is 33.3 Å². The Kier molecular flexibility index (Phi) is 7.71. The molecule has 150 valence electrons. The molecule has 0 amide bonds. The van der Waals surface area contributed by atoms with Crippen LogP contribution < -0.4 is 39.4 Å². The molecule has 1 fully saturated rings. The molecule has 0 radical (unpaired) electrons. The van der Waals surface area contributed by atoms with Crippen LogP contribution in [0, 0.1) is 5.92 Å². The fraction of sp³-hybridized carbons (Fsp3) is 0.304. The average Bonchev–Trinajstić information content (AvgIpc) is 3.15. The van der Waals surface area contributed by atoms with Crippen molar-refractivity contribution in [3.63, 3.8) is 0 Å². The van der Waals surface area contributed by atoms with Crippen molar-refractivity contribution in [3.8, 4) is 26.8 Å². The minimum Gasteiger partial charge on any atom is -0.550 e. The number of thiazole rings is 1. The van der Waals surface area contributed by atoms with Gasteiger partial charge in [-0.05, 0) is 49.2 Å². The molecule has 0 atom stereocenters. The SMILES string of the molecule is CC(C)Oc1ccc(-c2cnc(-c3ccc(CN4CC(C(=O)[O-])C4)cc3)s2)cc1.[Na+]. The number of hydrogen-bond acceptors (Lipinski definition) is 6. The second-order valence-electron chi connectivity index (χ2n) is 7.63. The monoisotopic (exact) mass is 430 g/mol. The van der Waals surface area contributed by atoms with Crippen LogP contribution in [0.5, 0.6) is 5.75 Å². The van der Waals surface area contributed by atoms with Crippen LogP contribution in [0.15, 0.2) is 54.7 Å². The van der Waals surface area contributed by atoms with Crippen LogP contribution in [0.4, 0.5) is 0 Å². The van der Waals surface area contributed by atoms with Crippen LogP contribution in [-0.4, -0.2) is 35.0 Å². The topological polar surface area (TPSA) is 65.5 Å². The summed E-state index contributed by atoms with van der Waals surface area (Å²) in [6.07, 6.45) is 2.07. The number of carbonyl (C=O) groups excluding carboxylic acids is 1. The predicted octanol–water partition coefficient (Wildman–Crippen LogP) is 0.450. The van der Waals surface area contributed by atoms with Gasteiger partial charge in [0.25, 0.3) is 0 Å². The molecule has 2 aromatic carbocycles. The van der Waals surface area contributed by atoms with Crippen molar-refractivity contribution in [1.82, 2.24) is 9.88 Å². The van der Waals surface area contributed by atoms with Gasteiger partial charge in [-0.2, -0.15) is 0 Å². The molecule has 1 aliphatic heterocycles. The molecule has 0 aliphatic carbocycles. The van der Waals surface area contributed by atoms with Crippen molar-refractivity contribution in [2.45, 2.75) is 26.5 Å². The first-order valence-corrected chi connectivity index (χ1v) is 10.5. The number of aliphatic carboxylic acids is 1. The van der Waals surface area contributed by atoms with Crippen LogP contribution in [0.3, 0.4) is 0 Å². The van der Waals surface area contributed by atoms with E-state index in [-0.39, 0.29) is 41.6 Å². The molecule has 30 heavy (non-hydrogen) atoms. The summed E-state index contributed by atoms with van der Waals surface area (Å²) in [6, 6.07) is 16.4. The van der Waals surface area contributed by atoms with Crippen molar-refractivity contribution in [1.29, 1.82) is 0 Å². The quantitative estimate of drug-likeness (QED) is 0.510. The minimum atomic E-state index is -0.946. The van der Waals surface area contributed by atoms with Gasteiger partial charge in [-0.1, -0.05) is 24.3 Å². The third-order valence-electron chi connectivity index (χ3n) is 4.91. The molecule has 0 N–H and O–H groups in total. The van der Waals surface area contributed by atoms with E-state index in [2.05, 4.69) is 46.3 Å². The largest absolute Gasteiger partial charge is 1.00 e. The summed E-state index contributed by atoms with van der Waals surface area (Å²) in [4.78, 5) is 18.6. The summed E-state index contributed by atoms with van der Waals surface area (Å²) in [5, 5.41) is 11.8. The third kappa shape index (κ3) is 5.50. The Morgan fingerprint density at radius 2 is 1.77 bits per heavy atom. The fourth-order valence-electron chi connectivity index (χ4n) is 3.37. The van der Waals surface area contributed by atoms with Crippen LogP contribution in [0.25, 0.3) is 21.0 Å². The minimum absolute atomic E-state index is 0. The average molecular weight is 431 g/mol. The van der Waals surface area contributed by atoms with Crippen molar-refractivity contribution in [2.24, 2.45) is 5.92 Å². The van der Waals surface area contributed by atoms with Gasteiger partial charge in [-0.25, -0.2) is 4.98 Å². The Bertz CT molecular complexity index is 980. The van der Waals surface area contributed by atoms with Gasteiger partial charge in [0.15, 0.2) is 0 Å². The summed E-state index contributed by atoms with van der Waals surface area (Å²) >= 11 is 1.66. The van der Waals surface area contributed by atoms with Gasteiger partial charge >= 0.3 is 29.6 Å². The maximum atomic E-state index is 10.8. The van der Waals surface area contributed by atoms with E-state index in [1.54, 1.807) is 11.3 Å². The number of carboxylic acids is 1. The number of carboxylic acid groups (broad SMARTS) is 1. The number of benzene rings is 2. The van der Waals surface area contributed by atoms with E-state index in [1.807, 2.05) is 32.2 Å². The molecule has 2 heterocycles. The molecule has 4 rings (SSSR count). The van der Waals surface area contributed by atoms with Gasteiger partial charge in [0.2, 0.25) is 0 Å². The zero-order valence-electron chi connectivity index (χ0n) is 17.5. The third-order valence-corrected chi connectivity index (χ3v) is 6.01. The number of nitrogens with zero attached hydrogens (tertiary/aromatic N) is 2. The summed E-state index contributed by atoms with van der Waals surface area (Å²) in [6.45, 7) is 5.94. The van der Waals surface area contributed by atoms with E-state index in [0.29, 0.717) is 13.1 Å². The molecule has 0 bridgehead atoms. The van der Waals surface area contributed by atoms with E-state index >= 15 is 0 Å². The Morgan fingerprint density at radius 1 is 1.13 bits per heavy atom. The smallest absolute Gasteiger partial charge is 0.550 e. The Balaban J connectivity index is 0.00000256. The summed E-state index contributed by atoms with van der Waals surface area (Å²) in [5.74, 6) is -0.399. The van der Waals surface area contributed by atoms with Crippen LogP contribution in [-0.2, 0) is 11.3 Å². The Labute approximate surface area is 203 Å². The van der Waals surface area contributed by atoms with Crippen LogP contribution in [0.2, 0.25) is 0 Å². The number of hydrogen-bond donors (Lipinski definition) is 0. The predicted molar refractivity (Wildman–Crippen MR) is 113 cm³/mol. The van der Waals surface area contributed by atoms with Crippen molar-refractivity contribution in [2.75, 3.05) is 13.1 Å². The zero-order valence-corrected chi connectivity index (χ0v) is 20.3. The first-order chi connectivity index (χ1) is 14.0. The number of ether oxygens (including phenoxy) is 1. The fourth-order valence-corrected chi connectivity index (χ4v) is 4.30. The summed E-state index contributed by atoms with van der Waals surface area (Å²) in [7, 11) is 0. The molecule has 1 aromatic heterocycles. The number of aromatic nitrogens is 1. The van der Waals surface area contributed by atoms with Gasteiger partial charge in [-0.15, -0.1) is 11.3 Å². The molecule has 1 saturated heterocycles. The Morgan fingerprint density at radius 3 is 2.37 bits per heavy atom. The van der Waals surface area contributed by atoms with Crippen molar-refractivity contribution < 1.29 is 44.2 Å². The van der Waals surface area contributed by atoms with Crippen LogP contribution >= 0.6 is 11.3 Å². The number of likely N-dealkylation sites (tertiary alicyclic amines) is 1. The van der Waals surface area contributed by atoms with Gasteiger partial charge in [-0.3, -0.25) is 4.90 Å². The van der Waals surface area contributed by atoms with E-state index in [1.165, 1.54) is 5.56 Å². The van der Waals surface area contributed by atoms with Crippen molar-refractivity contribution >= 4 is 17.3 Å². The molecule has 1 aliphatic rings. The number of rotatable bonds is 7. The second-order valence-corrected chi connectivity index (χ2v) is 8.66. The van der Waals surface area contributed by atoms with E-state index in [4.69, 9.17) is 4.74 Å². The first kappa shape index (κ1) is 23.0. The molecular weight excluding hydrogens is 407 g/mol. The van der Waals surface area contributed by atoms with Gasteiger partial charge < -0.3 is 14.6 Å². The normalized spacial score (nSPS) is 14.2. The molecule has 5 nitrogen and oxygen atoms in total. The first-order valence-electron chi connectivity index (χ1n) is 9.73. The van der Waals surface area contributed by atoms with Crippen molar-refractivity contribution in [3.05, 3.63) is 60.3 Å². The molecule has 0 saturated carbocycles. The molecule has 3 aromatic rings. The molecular formula is C23H23N2NaO3S. The molecule has 0 spiro atoms. The number of carbonyl (C=O) groups is 1. The summed E-state index contributed by atoms with van der Waals surface area (Å²) in [5.41, 5.74) is 3.38. The Hall–Kier alpha value is -1.70. The van der Waals surface area contributed by atoms with Gasteiger partial charge in [0.05, 0.1) is 11.0 Å². The molecule has 7 heteroatoms. The maximum Gasteiger partial charge on any atom is 1.00 e. The van der Waals surface area contributed by atoms with E-state index < -0.39 is 5.97 Å². The second kappa shape index (κ2) is 10.1. The molecule has 0 unspecified atom stereocenters. The van der Waals surface area contributed by atoms with Gasteiger partial charge in [0, 0.05) is 43.3 Å². The standard InChI is InChI=1S/C23H24N2O3S.Na/c1-15(2)28-20-9-7-17(8-10-20)21-11-24-22(29-21)18-5-3-16(4-6-18)12-25-13-19(14-25)23(26)27;/h3-11,15,19H,12-14H2,1-2H3,(H,26,27);/q;+1/p-1. The van der Waals surface area contributed by atoms with Gasteiger partial charge in [0.1, 0.15) is 10.8 Å².